The fourth-order valence-corrected chi connectivity index (χ4v) is 3.04. The molecule has 0 saturated carbocycles. The molecule has 0 aliphatic heterocycles. The number of halogens is 2. The Labute approximate surface area is 165 Å². The average molecular weight is 399 g/mol. The van der Waals surface area contributed by atoms with Gasteiger partial charge in [-0.1, -0.05) is 11.6 Å². The van der Waals surface area contributed by atoms with Gasteiger partial charge in [0.25, 0.3) is 0 Å². The van der Waals surface area contributed by atoms with Gasteiger partial charge in [0.1, 0.15) is 17.1 Å². The molecule has 142 valence electrons. The van der Waals surface area contributed by atoms with E-state index in [1.54, 1.807) is 18.2 Å². The van der Waals surface area contributed by atoms with Crippen molar-refractivity contribution in [3.05, 3.63) is 65.3 Å². The molecule has 0 amide bonds. The Morgan fingerprint density at radius 1 is 1.07 bits per heavy atom. The highest BCUT2D eigenvalue weighted by atomic mass is 35.5. The van der Waals surface area contributed by atoms with E-state index in [0.29, 0.717) is 16.5 Å². The molecule has 0 aliphatic rings. The fraction of sp³-hybridized carbons (Fsp3) is 0.100. The molecule has 6 nitrogen and oxygen atoms in total. The average Bonchev–Trinajstić information content (AvgIpc) is 3.04. The van der Waals surface area contributed by atoms with Crippen LogP contribution >= 0.6 is 11.6 Å². The van der Waals surface area contributed by atoms with Crippen LogP contribution in [0.1, 0.15) is 5.76 Å². The summed E-state index contributed by atoms with van der Waals surface area (Å²) in [5, 5.41) is 7.34. The standard InChI is InChI=1S/C20H16ClFN4O2/c1-11-7-12-8-13(3-5-17(12)28-11)25-20-23-10-16(22)19(26-20)24-14-4-6-18(27-2)15(21)9-14/h3-10H,1-2H3,(H2,23,24,25,26). The highest BCUT2D eigenvalue weighted by Gasteiger charge is 2.10. The number of aromatic nitrogens is 2. The van der Waals surface area contributed by atoms with Crippen LogP contribution in [0.3, 0.4) is 0 Å². The summed E-state index contributed by atoms with van der Waals surface area (Å²) < 4.78 is 24.8. The number of benzene rings is 2. The predicted octanol–water partition coefficient (Wildman–Crippen LogP) is 5.82. The maximum absolute atomic E-state index is 14.2. The summed E-state index contributed by atoms with van der Waals surface area (Å²) in [7, 11) is 1.53. The number of nitrogens with zero attached hydrogens (tertiary/aromatic N) is 2. The topological polar surface area (TPSA) is 72.2 Å². The zero-order valence-corrected chi connectivity index (χ0v) is 15.8. The molecule has 2 N–H and O–H groups in total. The zero-order valence-electron chi connectivity index (χ0n) is 15.1. The van der Waals surface area contributed by atoms with E-state index in [1.165, 1.54) is 7.11 Å². The van der Waals surface area contributed by atoms with Gasteiger partial charge in [-0.05, 0) is 49.4 Å². The minimum absolute atomic E-state index is 0.0268. The number of aryl methyl sites for hydroxylation is 1. The molecule has 0 spiro atoms. The lowest BCUT2D eigenvalue weighted by molar-refractivity contribution is 0.415. The summed E-state index contributed by atoms with van der Waals surface area (Å²) in [6.45, 7) is 1.89. The highest BCUT2D eigenvalue weighted by molar-refractivity contribution is 6.32. The first-order valence-electron chi connectivity index (χ1n) is 8.42. The van der Waals surface area contributed by atoms with Crippen molar-refractivity contribution in [3.8, 4) is 5.75 Å². The summed E-state index contributed by atoms with van der Waals surface area (Å²) in [6, 6.07) is 12.6. The smallest absolute Gasteiger partial charge is 0.229 e. The fourth-order valence-electron chi connectivity index (χ4n) is 2.78. The van der Waals surface area contributed by atoms with Crippen molar-refractivity contribution in [2.45, 2.75) is 6.92 Å². The van der Waals surface area contributed by atoms with Crippen LogP contribution in [0.25, 0.3) is 11.0 Å². The van der Waals surface area contributed by atoms with Gasteiger partial charge in [-0.15, -0.1) is 0 Å². The van der Waals surface area contributed by atoms with Crippen LogP contribution in [-0.4, -0.2) is 17.1 Å². The van der Waals surface area contributed by atoms with Crippen molar-refractivity contribution in [2.24, 2.45) is 0 Å². The first kappa shape index (κ1) is 18.1. The number of hydrogen-bond donors (Lipinski definition) is 2. The predicted molar refractivity (Wildman–Crippen MR) is 108 cm³/mol. The second-order valence-corrected chi connectivity index (χ2v) is 6.51. The number of nitrogens with one attached hydrogen (secondary N) is 2. The van der Waals surface area contributed by atoms with Crippen LogP contribution in [0, 0.1) is 12.7 Å². The van der Waals surface area contributed by atoms with Crippen LogP contribution in [0.2, 0.25) is 5.02 Å². The van der Waals surface area contributed by atoms with E-state index in [1.807, 2.05) is 31.2 Å². The van der Waals surface area contributed by atoms with Gasteiger partial charge in [-0.25, -0.2) is 9.37 Å². The molecule has 28 heavy (non-hydrogen) atoms. The number of fused-ring (bicyclic) bond motifs is 1. The first-order valence-corrected chi connectivity index (χ1v) is 8.80. The van der Waals surface area contributed by atoms with Crippen molar-refractivity contribution < 1.29 is 13.5 Å². The van der Waals surface area contributed by atoms with Gasteiger partial charge in [0.15, 0.2) is 11.6 Å². The normalized spacial score (nSPS) is 10.9. The molecule has 0 atom stereocenters. The van der Waals surface area contributed by atoms with Crippen molar-refractivity contribution in [1.82, 2.24) is 9.97 Å². The van der Waals surface area contributed by atoms with E-state index < -0.39 is 5.82 Å². The molecule has 0 fully saturated rings. The van der Waals surface area contributed by atoms with Gasteiger partial charge in [0, 0.05) is 16.8 Å². The number of ether oxygens (including phenoxy) is 1. The Hall–Kier alpha value is -3.32. The van der Waals surface area contributed by atoms with E-state index in [-0.39, 0.29) is 11.8 Å². The highest BCUT2D eigenvalue weighted by Crippen LogP contribution is 2.29. The molecule has 2 aromatic heterocycles. The molecule has 4 rings (SSSR count). The van der Waals surface area contributed by atoms with E-state index in [4.69, 9.17) is 20.8 Å². The van der Waals surface area contributed by atoms with Gasteiger partial charge in [-0.2, -0.15) is 4.98 Å². The lowest BCUT2D eigenvalue weighted by Gasteiger charge is -2.11. The van der Waals surface area contributed by atoms with Gasteiger partial charge in [-0.3, -0.25) is 0 Å². The Morgan fingerprint density at radius 2 is 1.86 bits per heavy atom. The molecule has 0 unspecified atom stereocenters. The molecular weight excluding hydrogens is 383 g/mol. The number of furan rings is 1. The largest absolute Gasteiger partial charge is 0.495 e. The third kappa shape index (κ3) is 3.70. The number of methoxy groups -OCH3 is 1. The maximum Gasteiger partial charge on any atom is 0.229 e. The van der Waals surface area contributed by atoms with Crippen molar-refractivity contribution in [1.29, 1.82) is 0 Å². The molecule has 2 heterocycles. The van der Waals surface area contributed by atoms with Crippen LogP contribution in [0.5, 0.6) is 5.75 Å². The second kappa shape index (κ2) is 7.36. The summed E-state index contributed by atoms with van der Waals surface area (Å²) in [6.07, 6.45) is 1.10. The van der Waals surface area contributed by atoms with Crippen LogP contribution in [0.4, 0.5) is 27.5 Å². The molecule has 2 aromatic carbocycles. The Morgan fingerprint density at radius 3 is 2.64 bits per heavy atom. The number of hydrogen-bond acceptors (Lipinski definition) is 6. The SMILES string of the molecule is COc1ccc(Nc2nc(Nc3ccc4oc(C)cc4c3)ncc2F)cc1Cl. The van der Waals surface area contributed by atoms with Gasteiger partial charge >= 0.3 is 0 Å². The summed E-state index contributed by atoms with van der Waals surface area (Å²) >= 11 is 6.11. The van der Waals surface area contributed by atoms with E-state index in [9.17, 15) is 4.39 Å². The quantitative estimate of drug-likeness (QED) is 0.441. The molecule has 0 radical (unpaired) electrons. The summed E-state index contributed by atoms with van der Waals surface area (Å²) in [5.41, 5.74) is 2.13. The lowest BCUT2D eigenvalue weighted by Crippen LogP contribution is -2.03. The van der Waals surface area contributed by atoms with E-state index in [2.05, 4.69) is 20.6 Å². The molecule has 4 aromatic rings. The molecule has 0 bridgehead atoms. The summed E-state index contributed by atoms with van der Waals surface area (Å²) in [5.74, 6) is 1.05. The monoisotopic (exact) mass is 398 g/mol. The molecule has 8 heteroatoms. The van der Waals surface area contributed by atoms with Crippen LogP contribution < -0.4 is 15.4 Å². The van der Waals surface area contributed by atoms with Crippen LogP contribution in [0.15, 0.2) is 53.1 Å². The van der Waals surface area contributed by atoms with Crippen molar-refractivity contribution in [3.63, 3.8) is 0 Å². The number of rotatable bonds is 5. The van der Waals surface area contributed by atoms with Gasteiger partial charge in [0.05, 0.1) is 18.3 Å². The van der Waals surface area contributed by atoms with E-state index >= 15 is 0 Å². The molecule has 0 aliphatic carbocycles. The second-order valence-electron chi connectivity index (χ2n) is 6.10. The summed E-state index contributed by atoms with van der Waals surface area (Å²) in [4.78, 5) is 8.21. The number of anilines is 4. The Kier molecular flexibility index (Phi) is 4.75. The van der Waals surface area contributed by atoms with Gasteiger partial charge in [0.2, 0.25) is 5.95 Å². The lowest BCUT2D eigenvalue weighted by atomic mass is 10.2. The third-order valence-corrected chi connectivity index (χ3v) is 4.35. The first-order chi connectivity index (χ1) is 13.5. The minimum Gasteiger partial charge on any atom is -0.495 e. The zero-order chi connectivity index (χ0) is 19.7. The van der Waals surface area contributed by atoms with Crippen LogP contribution in [-0.2, 0) is 0 Å². The Bertz CT molecular complexity index is 1160. The van der Waals surface area contributed by atoms with Crippen molar-refractivity contribution >= 4 is 45.7 Å². The Balaban J connectivity index is 1.58. The third-order valence-electron chi connectivity index (χ3n) is 4.05. The minimum atomic E-state index is -0.585. The van der Waals surface area contributed by atoms with Crippen molar-refractivity contribution in [2.75, 3.05) is 17.7 Å². The van der Waals surface area contributed by atoms with E-state index in [0.717, 1.165) is 28.6 Å². The van der Waals surface area contributed by atoms with Gasteiger partial charge < -0.3 is 19.8 Å². The maximum atomic E-state index is 14.2. The molecular formula is C20H16ClFN4O2. The molecule has 0 saturated heterocycles.